The van der Waals surface area contributed by atoms with Crippen LogP contribution in [0.2, 0.25) is 0 Å². The predicted molar refractivity (Wildman–Crippen MR) is 247 cm³/mol. The van der Waals surface area contributed by atoms with Crippen LogP contribution in [0.1, 0.15) is 85.5 Å². The number of hydrogen-bond acceptors (Lipinski definition) is 24. The lowest BCUT2D eigenvalue weighted by Crippen LogP contribution is -2.67. The van der Waals surface area contributed by atoms with E-state index in [0.717, 1.165) is 32.1 Å². The summed E-state index contributed by atoms with van der Waals surface area (Å²) in [6.07, 6.45) is -25.1. The monoisotopic (exact) mass is 1070 g/mol. The van der Waals surface area contributed by atoms with E-state index in [1.165, 1.54) is 5.57 Å². The van der Waals surface area contributed by atoms with Crippen molar-refractivity contribution in [1.82, 2.24) is 0 Å². The molecule has 74 heavy (non-hydrogen) atoms. The Hall–Kier alpha value is -1.22. The Morgan fingerprint density at radius 3 is 1.86 bits per heavy atom. The number of fused-ring (bicyclic) bond motifs is 7. The molecule has 31 atom stereocenters. The molecule has 11 unspecified atom stereocenters. The molecule has 24 heteroatoms. The molecule has 5 aliphatic heterocycles. The summed E-state index contributed by atoms with van der Waals surface area (Å²) in [6.45, 7) is 6.75. The fourth-order valence-corrected chi connectivity index (χ4v) is 14.8. The lowest BCUT2D eigenvalue weighted by atomic mass is 9.47. The van der Waals surface area contributed by atoms with Gasteiger partial charge in [-0.15, -0.1) is 0 Å². The summed E-state index contributed by atoms with van der Waals surface area (Å²) in [4.78, 5) is 0. The number of aliphatic hydroxyl groups is 15. The standard InChI is InChI=1S/C50H82O24/c1-19(18-66-44-37(60)33(56)31(54)27(15-51)68-44)7-12-50(65)20(2)30-26(74-50)14-25-23-6-5-21-13-22(8-10-48(21,3)24(23)9-11-49(25,30)4)67-47-42(72-46-39(62)35(58)36(59)43(64)73-46)40(63)41(29(17-53)70-47)71-45-38(61)34(57)32(55)28(16-52)69-45/h5,19-20,22-47,51-65H,6-18H2,1-4H3/t19-,20+,22?,23-,24+,25+,26?,27?,28?,29?,30+,31-,32-,33+,34+,35+,36-,37?,38?,39?,40+,41-,42?,43?,44-,45+,46-,47-,48+,49+,50?/m1/s1. The van der Waals surface area contributed by atoms with Crippen molar-refractivity contribution < 1.29 is 119 Å². The second-order valence-corrected chi connectivity index (χ2v) is 23.5. The number of allylic oxidation sites excluding steroid dienone is 1. The first kappa shape index (κ1) is 57.5. The van der Waals surface area contributed by atoms with Gasteiger partial charge < -0.3 is 119 Å². The van der Waals surface area contributed by atoms with Crippen LogP contribution < -0.4 is 0 Å². The Labute approximate surface area is 429 Å². The summed E-state index contributed by atoms with van der Waals surface area (Å²) in [6, 6.07) is 0. The van der Waals surface area contributed by atoms with Gasteiger partial charge in [-0.1, -0.05) is 39.3 Å². The van der Waals surface area contributed by atoms with Gasteiger partial charge in [-0.2, -0.15) is 0 Å². The average Bonchev–Trinajstić information content (AvgIpc) is 3.82. The Kier molecular flexibility index (Phi) is 17.4. The Morgan fingerprint density at radius 1 is 0.635 bits per heavy atom. The van der Waals surface area contributed by atoms with E-state index in [4.69, 9.17) is 42.6 Å². The fraction of sp³-hybridized carbons (Fsp3) is 0.960. The molecule has 8 fully saturated rings. The Bertz CT molecular complexity index is 1920. The quantitative estimate of drug-likeness (QED) is 0.0694. The summed E-state index contributed by atoms with van der Waals surface area (Å²) in [7, 11) is 0. The van der Waals surface area contributed by atoms with E-state index in [1.54, 1.807) is 0 Å². The fourth-order valence-electron chi connectivity index (χ4n) is 14.8. The van der Waals surface area contributed by atoms with Crippen molar-refractivity contribution in [3.8, 4) is 0 Å². The zero-order valence-electron chi connectivity index (χ0n) is 42.3. The number of aliphatic hydroxyl groups excluding tert-OH is 14. The van der Waals surface area contributed by atoms with Gasteiger partial charge in [-0.05, 0) is 91.8 Å². The zero-order chi connectivity index (χ0) is 53.5. The first-order valence-corrected chi connectivity index (χ1v) is 26.6. The van der Waals surface area contributed by atoms with E-state index in [0.29, 0.717) is 43.4 Å². The second-order valence-electron chi connectivity index (χ2n) is 23.5. The van der Waals surface area contributed by atoms with Crippen LogP contribution in [0, 0.1) is 46.3 Å². The first-order chi connectivity index (χ1) is 35.0. The van der Waals surface area contributed by atoms with Crippen molar-refractivity contribution in [2.45, 2.75) is 226 Å². The highest BCUT2D eigenvalue weighted by Crippen LogP contribution is 2.70. The maximum atomic E-state index is 12.1. The SMILES string of the molecule is C[C@H](CCC1(O)OC2C[C@H]3[C@@H]4CC=C5CC(O[C@@H]6OC(CO)[C@@H](O[C@@H]7OC(CO)[C@@H](O)[C@H](O)C7O)[C@H](O)C6O[C@@H]6OC(O)[C@H](O)[C@H](O)C6O)CC[C@]5(C)[C@H]4CC[C@]3(C)[C@H]2[C@@H]1C)CO[C@@H]1OC(CO)[C@@H](O)[C@H](O)C1O. The van der Waals surface area contributed by atoms with Crippen molar-refractivity contribution in [3.05, 3.63) is 11.6 Å². The molecular weight excluding hydrogens is 985 g/mol. The van der Waals surface area contributed by atoms with Gasteiger partial charge in [0, 0.05) is 12.3 Å². The van der Waals surface area contributed by atoms with Gasteiger partial charge in [0.05, 0.1) is 38.6 Å². The van der Waals surface area contributed by atoms with Gasteiger partial charge in [0.15, 0.2) is 37.2 Å². The largest absolute Gasteiger partial charge is 0.394 e. The van der Waals surface area contributed by atoms with Crippen molar-refractivity contribution >= 4 is 0 Å². The van der Waals surface area contributed by atoms with Crippen LogP contribution >= 0.6 is 0 Å². The highest BCUT2D eigenvalue weighted by atomic mass is 16.8. The van der Waals surface area contributed by atoms with Crippen molar-refractivity contribution in [2.75, 3.05) is 26.4 Å². The lowest BCUT2D eigenvalue weighted by Gasteiger charge is -2.58. The van der Waals surface area contributed by atoms with Crippen LogP contribution in [0.4, 0.5) is 0 Å². The molecule has 24 nitrogen and oxygen atoms in total. The molecule has 4 aliphatic carbocycles. The van der Waals surface area contributed by atoms with Gasteiger partial charge in [0.25, 0.3) is 0 Å². The molecule has 0 radical (unpaired) electrons. The van der Waals surface area contributed by atoms with E-state index >= 15 is 0 Å². The molecule has 426 valence electrons. The number of hydrogen-bond donors (Lipinski definition) is 15. The van der Waals surface area contributed by atoms with E-state index in [-0.39, 0.29) is 41.3 Å². The molecule has 9 rings (SSSR count). The second kappa shape index (κ2) is 22.4. The minimum absolute atomic E-state index is 0.0861. The van der Waals surface area contributed by atoms with Crippen molar-refractivity contribution in [1.29, 1.82) is 0 Å². The van der Waals surface area contributed by atoms with Crippen LogP contribution in [0.15, 0.2) is 11.6 Å². The number of rotatable bonds is 15. The summed E-state index contributed by atoms with van der Waals surface area (Å²) in [5.41, 5.74) is 0.941. The van der Waals surface area contributed by atoms with Crippen LogP contribution in [0.5, 0.6) is 0 Å². The molecule has 0 spiro atoms. The molecule has 5 saturated heterocycles. The molecule has 0 amide bonds. The Morgan fingerprint density at radius 2 is 1.22 bits per heavy atom. The topological polar surface area (TPSA) is 387 Å². The zero-order valence-corrected chi connectivity index (χ0v) is 42.3. The van der Waals surface area contributed by atoms with Crippen LogP contribution in [-0.2, 0) is 42.6 Å². The molecule has 0 aromatic carbocycles. The summed E-state index contributed by atoms with van der Waals surface area (Å²) >= 11 is 0. The first-order valence-electron chi connectivity index (χ1n) is 26.6. The molecule has 3 saturated carbocycles. The summed E-state index contributed by atoms with van der Waals surface area (Å²) < 4.78 is 53.5. The third-order valence-electron chi connectivity index (χ3n) is 19.2. The van der Waals surface area contributed by atoms with E-state index in [1.807, 2.05) is 6.92 Å². The van der Waals surface area contributed by atoms with Gasteiger partial charge in [0.2, 0.25) is 0 Å². The molecular formula is C50H82O24. The minimum atomic E-state index is -2.00. The molecule has 9 aliphatic rings. The van der Waals surface area contributed by atoms with E-state index < -0.39 is 155 Å². The van der Waals surface area contributed by atoms with Crippen LogP contribution in [-0.4, -0.2) is 244 Å². The highest BCUT2D eigenvalue weighted by molar-refractivity contribution is 5.26. The van der Waals surface area contributed by atoms with E-state index in [2.05, 4.69) is 26.8 Å². The highest BCUT2D eigenvalue weighted by Gasteiger charge is 2.68. The Balaban J connectivity index is 0.849. The molecule has 5 heterocycles. The molecule has 0 bridgehead atoms. The van der Waals surface area contributed by atoms with Gasteiger partial charge in [-0.3, -0.25) is 0 Å². The van der Waals surface area contributed by atoms with Gasteiger partial charge in [0.1, 0.15) is 91.6 Å². The summed E-state index contributed by atoms with van der Waals surface area (Å²) in [5.74, 6) is -0.417. The van der Waals surface area contributed by atoms with Crippen molar-refractivity contribution in [3.63, 3.8) is 0 Å². The predicted octanol–water partition coefficient (Wildman–Crippen LogP) is -4.08. The van der Waals surface area contributed by atoms with Crippen molar-refractivity contribution in [2.24, 2.45) is 46.3 Å². The third-order valence-corrected chi connectivity index (χ3v) is 19.2. The number of ether oxygens (including phenoxy) is 9. The van der Waals surface area contributed by atoms with Gasteiger partial charge in [-0.25, -0.2) is 0 Å². The summed E-state index contributed by atoms with van der Waals surface area (Å²) in [5, 5.41) is 158. The molecule has 0 aromatic heterocycles. The molecule has 0 aromatic rings. The van der Waals surface area contributed by atoms with Gasteiger partial charge >= 0.3 is 0 Å². The minimum Gasteiger partial charge on any atom is -0.394 e. The van der Waals surface area contributed by atoms with Crippen LogP contribution in [0.3, 0.4) is 0 Å². The molecule has 15 N–H and O–H groups in total. The maximum absolute atomic E-state index is 12.1. The van der Waals surface area contributed by atoms with Crippen LogP contribution in [0.25, 0.3) is 0 Å². The van der Waals surface area contributed by atoms with E-state index in [9.17, 15) is 76.6 Å². The maximum Gasteiger partial charge on any atom is 0.189 e. The normalized spacial score (nSPS) is 54.9. The smallest absolute Gasteiger partial charge is 0.189 e. The average molecular weight is 1070 g/mol. The third kappa shape index (κ3) is 10.2. The lowest BCUT2D eigenvalue weighted by molar-refractivity contribution is -0.400.